The van der Waals surface area contributed by atoms with Gasteiger partial charge >= 0.3 is 0 Å². The number of hydrogen-bond donors (Lipinski definition) is 2. The van der Waals surface area contributed by atoms with E-state index >= 15 is 0 Å². The zero-order valence-electron chi connectivity index (χ0n) is 12.0. The van der Waals surface area contributed by atoms with Crippen LogP contribution in [0.15, 0.2) is 22.5 Å². The van der Waals surface area contributed by atoms with E-state index in [1.165, 1.54) is 30.6 Å². The molecule has 1 heterocycles. The Hall–Kier alpha value is -1.03. The summed E-state index contributed by atoms with van der Waals surface area (Å²) >= 11 is 1.78. The van der Waals surface area contributed by atoms with Gasteiger partial charge in [0.25, 0.3) is 0 Å². The van der Waals surface area contributed by atoms with Crippen LogP contribution in [0.1, 0.15) is 37.5 Å². The molecular weight excluding hydrogens is 254 g/mol. The Bertz CT molecular complexity index is 386. The number of aliphatic imine (C=N–C) groups is 1. The van der Waals surface area contributed by atoms with E-state index in [-0.39, 0.29) is 0 Å². The molecule has 4 heteroatoms. The average molecular weight is 279 g/mol. The van der Waals surface area contributed by atoms with Gasteiger partial charge in [0.05, 0.1) is 6.54 Å². The van der Waals surface area contributed by atoms with Crippen molar-refractivity contribution in [3.8, 4) is 0 Å². The van der Waals surface area contributed by atoms with Crippen LogP contribution in [0.2, 0.25) is 0 Å². The van der Waals surface area contributed by atoms with E-state index in [2.05, 4.69) is 40.1 Å². The van der Waals surface area contributed by atoms with Gasteiger partial charge in [0.1, 0.15) is 0 Å². The third-order valence-corrected chi connectivity index (χ3v) is 4.93. The molecule has 0 aromatic carbocycles. The number of nitrogens with zero attached hydrogens (tertiary/aromatic N) is 1. The quantitative estimate of drug-likeness (QED) is 0.656. The van der Waals surface area contributed by atoms with Gasteiger partial charge in [0.2, 0.25) is 0 Å². The minimum absolute atomic E-state index is 0.800. The summed E-state index contributed by atoms with van der Waals surface area (Å²) in [6.45, 7) is 4.29. The summed E-state index contributed by atoms with van der Waals surface area (Å²) in [5, 5.41) is 8.96. The van der Waals surface area contributed by atoms with Crippen molar-refractivity contribution in [3.05, 3.63) is 22.4 Å². The Morgan fingerprint density at radius 1 is 1.37 bits per heavy atom. The molecule has 1 saturated carbocycles. The molecule has 2 N–H and O–H groups in total. The van der Waals surface area contributed by atoms with Gasteiger partial charge in [-0.05, 0) is 29.7 Å². The molecule has 2 unspecified atom stereocenters. The van der Waals surface area contributed by atoms with Crippen molar-refractivity contribution in [2.24, 2.45) is 16.8 Å². The van der Waals surface area contributed by atoms with E-state index in [0.717, 1.165) is 30.9 Å². The van der Waals surface area contributed by atoms with Crippen molar-refractivity contribution in [2.75, 3.05) is 13.6 Å². The predicted octanol–water partition coefficient (Wildman–Crippen LogP) is 3.24. The first-order valence-electron chi connectivity index (χ1n) is 7.26. The number of guanidine groups is 1. The molecule has 0 saturated heterocycles. The van der Waals surface area contributed by atoms with Crippen molar-refractivity contribution in [1.29, 1.82) is 0 Å². The van der Waals surface area contributed by atoms with Crippen molar-refractivity contribution >= 4 is 17.3 Å². The summed E-state index contributed by atoms with van der Waals surface area (Å²) in [6, 6.07) is 4.23. The van der Waals surface area contributed by atoms with Crippen LogP contribution in [0.5, 0.6) is 0 Å². The molecule has 0 spiro atoms. The first kappa shape index (κ1) is 14.4. The van der Waals surface area contributed by atoms with E-state index in [1.807, 2.05) is 7.05 Å². The fraction of sp³-hybridized carbons (Fsp3) is 0.667. The van der Waals surface area contributed by atoms with Crippen LogP contribution in [0, 0.1) is 11.8 Å². The van der Waals surface area contributed by atoms with Crippen molar-refractivity contribution < 1.29 is 0 Å². The van der Waals surface area contributed by atoms with Gasteiger partial charge in [0.15, 0.2) is 5.96 Å². The molecule has 0 aliphatic heterocycles. The lowest BCUT2D eigenvalue weighted by atomic mass is 9.80. The van der Waals surface area contributed by atoms with E-state index in [9.17, 15) is 0 Å². The van der Waals surface area contributed by atoms with Crippen LogP contribution in [-0.4, -0.2) is 19.6 Å². The summed E-state index contributed by atoms with van der Waals surface area (Å²) in [7, 11) is 1.84. The molecule has 3 nitrogen and oxygen atoms in total. The molecule has 1 aliphatic rings. The van der Waals surface area contributed by atoms with Gasteiger partial charge in [-0.1, -0.05) is 32.3 Å². The molecule has 106 valence electrons. The molecule has 2 rings (SSSR count). The minimum Gasteiger partial charge on any atom is -0.356 e. The SMILES string of the molecule is CN=C(NCc1cccs1)NCC1CCCCC1C. The highest BCUT2D eigenvalue weighted by Gasteiger charge is 2.21. The molecule has 19 heavy (non-hydrogen) atoms. The Morgan fingerprint density at radius 2 is 2.21 bits per heavy atom. The van der Waals surface area contributed by atoms with Crippen molar-refractivity contribution in [1.82, 2.24) is 10.6 Å². The summed E-state index contributed by atoms with van der Waals surface area (Å²) < 4.78 is 0. The first-order valence-corrected chi connectivity index (χ1v) is 8.14. The maximum absolute atomic E-state index is 4.30. The standard InChI is InChI=1S/C15H25N3S/c1-12-6-3-4-7-13(12)10-17-15(16-2)18-11-14-8-5-9-19-14/h5,8-9,12-13H,3-4,6-7,10-11H2,1-2H3,(H2,16,17,18). The Morgan fingerprint density at radius 3 is 2.89 bits per heavy atom. The average Bonchev–Trinajstić information content (AvgIpc) is 2.94. The summed E-state index contributed by atoms with van der Waals surface area (Å²) in [4.78, 5) is 5.64. The highest BCUT2D eigenvalue weighted by atomic mass is 32.1. The molecule has 1 aromatic heterocycles. The number of hydrogen-bond acceptors (Lipinski definition) is 2. The zero-order chi connectivity index (χ0) is 13.5. The third kappa shape index (κ3) is 4.53. The highest BCUT2D eigenvalue weighted by Crippen LogP contribution is 2.28. The lowest BCUT2D eigenvalue weighted by molar-refractivity contribution is 0.256. The largest absolute Gasteiger partial charge is 0.356 e. The predicted molar refractivity (Wildman–Crippen MR) is 83.6 cm³/mol. The fourth-order valence-electron chi connectivity index (χ4n) is 2.73. The highest BCUT2D eigenvalue weighted by molar-refractivity contribution is 7.09. The molecule has 0 amide bonds. The Kier molecular flexibility index (Phi) is 5.70. The second kappa shape index (κ2) is 7.53. The molecule has 0 bridgehead atoms. The molecular formula is C15H25N3S. The van der Waals surface area contributed by atoms with Gasteiger partial charge in [-0.15, -0.1) is 11.3 Å². The molecule has 0 radical (unpaired) electrons. The second-order valence-corrected chi connectivity index (χ2v) is 6.44. The lowest BCUT2D eigenvalue weighted by Crippen LogP contribution is -2.40. The monoisotopic (exact) mass is 279 g/mol. The van der Waals surface area contributed by atoms with Gasteiger partial charge in [-0.2, -0.15) is 0 Å². The van der Waals surface area contributed by atoms with Gasteiger partial charge in [-0.3, -0.25) is 4.99 Å². The van der Waals surface area contributed by atoms with Gasteiger partial charge < -0.3 is 10.6 Å². The van der Waals surface area contributed by atoms with E-state index in [4.69, 9.17) is 0 Å². The fourth-order valence-corrected chi connectivity index (χ4v) is 3.37. The summed E-state index contributed by atoms with van der Waals surface area (Å²) in [5.41, 5.74) is 0. The second-order valence-electron chi connectivity index (χ2n) is 5.41. The van der Waals surface area contributed by atoms with Crippen LogP contribution in [0.3, 0.4) is 0 Å². The zero-order valence-corrected chi connectivity index (χ0v) is 12.8. The molecule has 1 aliphatic carbocycles. The van der Waals surface area contributed by atoms with E-state index < -0.39 is 0 Å². The Balaban J connectivity index is 1.73. The van der Waals surface area contributed by atoms with Crippen molar-refractivity contribution in [3.63, 3.8) is 0 Å². The molecule has 2 atom stereocenters. The number of rotatable bonds is 4. The smallest absolute Gasteiger partial charge is 0.191 e. The molecule has 1 aromatic rings. The van der Waals surface area contributed by atoms with Crippen molar-refractivity contribution in [2.45, 2.75) is 39.2 Å². The van der Waals surface area contributed by atoms with Crippen LogP contribution in [0.25, 0.3) is 0 Å². The maximum atomic E-state index is 4.30. The van der Waals surface area contributed by atoms with Crippen LogP contribution >= 0.6 is 11.3 Å². The van der Waals surface area contributed by atoms with E-state index in [0.29, 0.717) is 0 Å². The minimum atomic E-state index is 0.800. The lowest BCUT2D eigenvalue weighted by Gasteiger charge is -2.29. The Labute approximate surface area is 120 Å². The first-order chi connectivity index (χ1) is 9.29. The normalized spacial score (nSPS) is 24.2. The topological polar surface area (TPSA) is 36.4 Å². The summed E-state index contributed by atoms with van der Waals surface area (Å²) in [5.74, 6) is 2.57. The summed E-state index contributed by atoms with van der Waals surface area (Å²) in [6.07, 6.45) is 5.53. The van der Waals surface area contributed by atoms with Gasteiger partial charge in [0, 0.05) is 18.5 Å². The van der Waals surface area contributed by atoms with Crippen LogP contribution in [-0.2, 0) is 6.54 Å². The maximum Gasteiger partial charge on any atom is 0.191 e. The third-order valence-electron chi connectivity index (χ3n) is 4.05. The van der Waals surface area contributed by atoms with Gasteiger partial charge in [-0.25, -0.2) is 0 Å². The number of nitrogens with one attached hydrogen (secondary N) is 2. The van der Waals surface area contributed by atoms with Crippen LogP contribution in [0.4, 0.5) is 0 Å². The molecule has 1 fully saturated rings. The van der Waals surface area contributed by atoms with Crippen LogP contribution < -0.4 is 10.6 Å². The van der Waals surface area contributed by atoms with E-state index in [1.54, 1.807) is 11.3 Å². The number of thiophene rings is 1.